The van der Waals surface area contributed by atoms with Crippen molar-refractivity contribution in [1.82, 2.24) is 9.47 Å². The maximum absolute atomic E-state index is 13.2. The standard InChI is InChI=1S/C27H24N2O4S/c1-28-16-18(20-6-3-4-7-21(20)28)13-14-29-24(22-8-5-15-34-22)23(26(31)27(29)32)25(30)17-9-11-19(33-2)12-10-17/h3-12,15-16,24,30H,13-14H2,1-2H3/b25-23-. The SMILES string of the molecule is COc1ccc(/C(O)=C2/C(=O)C(=O)N(CCc3cn(C)c4ccccc34)C2c2cccs2)cc1. The summed E-state index contributed by atoms with van der Waals surface area (Å²) < 4.78 is 7.26. The molecule has 1 aliphatic rings. The van der Waals surface area contributed by atoms with E-state index in [1.807, 2.05) is 36.7 Å². The number of ketones is 1. The van der Waals surface area contributed by atoms with Crippen LogP contribution < -0.4 is 4.74 Å². The number of hydrogen-bond donors (Lipinski definition) is 1. The Hall–Kier alpha value is -3.84. The van der Waals surface area contributed by atoms with Crippen molar-refractivity contribution in [3.05, 3.63) is 93.8 Å². The van der Waals surface area contributed by atoms with Gasteiger partial charge in [0.2, 0.25) is 0 Å². The average Bonchev–Trinajstić information content (AvgIpc) is 3.56. The van der Waals surface area contributed by atoms with Crippen molar-refractivity contribution in [3.63, 3.8) is 0 Å². The van der Waals surface area contributed by atoms with E-state index in [0.29, 0.717) is 24.3 Å². The van der Waals surface area contributed by atoms with Gasteiger partial charge in [0, 0.05) is 41.1 Å². The maximum atomic E-state index is 13.2. The molecule has 0 bridgehead atoms. The van der Waals surface area contributed by atoms with Crippen molar-refractivity contribution in [2.45, 2.75) is 12.5 Å². The topological polar surface area (TPSA) is 71.8 Å². The fourth-order valence-electron chi connectivity index (χ4n) is 4.62. The zero-order chi connectivity index (χ0) is 23.8. The number of para-hydroxylation sites is 1. The third-order valence-corrected chi connectivity index (χ3v) is 7.24. The molecule has 0 saturated carbocycles. The van der Waals surface area contributed by atoms with Crippen molar-refractivity contribution in [1.29, 1.82) is 0 Å². The Kier molecular flexibility index (Phi) is 5.71. The third-order valence-electron chi connectivity index (χ3n) is 6.32. The Morgan fingerprint density at radius 1 is 1.06 bits per heavy atom. The molecule has 6 nitrogen and oxygen atoms in total. The van der Waals surface area contributed by atoms with Gasteiger partial charge < -0.3 is 19.3 Å². The van der Waals surface area contributed by atoms with Gasteiger partial charge in [-0.25, -0.2) is 0 Å². The van der Waals surface area contributed by atoms with Crippen LogP contribution in [-0.4, -0.2) is 39.9 Å². The number of amides is 1. The summed E-state index contributed by atoms with van der Waals surface area (Å²) in [5, 5.41) is 14.2. The van der Waals surface area contributed by atoms with E-state index >= 15 is 0 Å². The molecule has 4 aromatic rings. The van der Waals surface area contributed by atoms with Crippen LogP contribution in [0.15, 0.2) is 77.8 Å². The van der Waals surface area contributed by atoms with E-state index in [0.717, 1.165) is 21.3 Å². The van der Waals surface area contributed by atoms with E-state index in [9.17, 15) is 14.7 Å². The second kappa shape index (κ2) is 8.83. The highest BCUT2D eigenvalue weighted by atomic mass is 32.1. The van der Waals surface area contributed by atoms with Gasteiger partial charge in [0.15, 0.2) is 0 Å². The number of likely N-dealkylation sites (tertiary alicyclic amines) is 1. The van der Waals surface area contributed by atoms with Crippen molar-refractivity contribution in [2.24, 2.45) is 7.05 Å². The Balaban J connectivity index is 1.53. The van der Waals surface area contributed by atoms with E-state index < -0.39 is 17.7 Å². The van der Waals surface area contributed by atoms with Gasteiger partial charge in [-0.05, 0) is 53.8 Å². The summed E-state index contributed by atoms with van der Waals surface area (Å²) in [5.74, 6) is -0.785. The van der Waals surface area contributed by atoms with Crippen LogP contribution in [0.1, 0.15) is 22.0 Å². The van der Waals surface area contributed by atoms with E-state index in [4.69, 9.17) is 4.74 Å². The quantitative estimate of drug-likeness (QED) is 0.246. The van der Waals surface area contributed by atoms with Crippen molar-refractivity contribution in [2.75, 3.05) is 13.7 Å². The number of carbonyl (C=O) groups is 2. The molecule has 172 valence electrons. The van der Waals surface area contributed by atoms with Crippen LogP contribution in [0.25, 0.3) is 16.7 Å². The number of benzene rings is 2. The van der Waals surface area contributed by atoms with Gasteiger partial charge in [-0.3, -0.25) is 9.59 Å². The van der Waals surface area contributed by atoms with Gasteiger partial charge in [-0.2, -0.15) is 0 Å². The Morgan fingerprint density at radius 2 is 1.82 bits per heavy atom. The molecule has 1 saturated heterocycles. The van der Waals surface area contributed by atoms with Crippen LogP contribution in [-0.2, 0) is 23.1 Å². The molecule has 1 fully saturated rings. The second-order valence-corrected chi connectivity index (χ2v) is 9.25. The highest BCUT2D eigenvalue weighted by Gasteiger charge is 2.46. The normalized spacial score (nSPS) is 17.6. The summed E-state index contributed by atoms with van der Waals surface area (Å²) in [5.41, 5.74) is 2.82. The lowest BCUT2D eigenvalue weighted by Gasteiger charge is -2.24. The number of aryl methyl sites for hydroxylation is 1. The number of nitrogens with zero attached hydrogens (tertiary/aromatic N) is 2. The van der Waals surface area contributed by atoms with Gasteiger partial charge >= 0.3 is 0 Å². The molecule has 1 unspecified atom stereocenters. The summed E-state index contributed by atoms with van der Waals surface area (Å²) in [6.45, 7) is 0.362. The maximum Gasteiger partial charge on any atom is 0.295 e. The minimum Gasteiger partial charge on any atom is -0.507 e. The number of hydrogen-bond acceptors (Lipinski definition) is 5. The predicted octanol–water partition coefficient (Wildman–Crippen LogP) is 4.91. The van der Waals surface area contributed by atoms with Gasteiger partial charge in [-0.15, -0.1) is 11.3 Å². The van der Waals surface area contributed by atoms with Gasteiger partial charge in [-0.1, -0.05) is 24.3 Å². The van der Waals surface area contributed by atoms with Gasteiger partial charge in [0.25, 0.3) is 11.7 Å². The first-order valence-electron chi connectivity index (χ1n) is 11.0. The molecule has 1 aliphatic heterocycles. The fraction of sp³-hybridized carbons (Fsp3) is 0.185. The number of aliphatic hydroxyl groups is 1. The van der Waals surface area contributed by atoms with E-state index in [-0.39, 0.29) is 11.3 Å². The fourth-order valence-corrected chi connectivity index (χ4v) is 5.47. The van der Waals surface area contributed by atoms with Crippen LogP contribution in [0.4, 0.5) is 0 Å². The number of fused-ring (bicyclic) bond motifs is 1. The number of ether oxygens (including phenoxy) is 1. The summed E-state index contributed by atoms with van der Waals surface area (Å²) in [6.07, 6.45) is 2.66. The largest absolute Gasteiger partial charge is 0.507 e. The molecule has 0 radical (unpaired) electrons. The lowest BCUT2D eigenvalue weighted by Crippen LogP contribution is -2.31. The smallest absolute Gasteiger partial charge is 0.295 e. The first-order valence-corrected chi connectivity index (χ1v) is 11.9. The van der Waals surface area contributed by atoms with Crippen LogP contribution in [0.3, 0.4) is 0 Å². The van der Waals surface area contributed by atoms with Crippen LogP contribution in [0.5, 0.6) is 5.75 Å². The summed E-state index contributed by atoms with van der Waals surface area (Å²) >= 11 is 1.46. The summed E-state index contributed by atoms with van der Waals surface area (Å²) in [4.78, 5) is 28.7. The van der Waals surface area contributed by atoms with Crippen molar-refractivity contribution < 1.29 is 19.4 Å². The molecule has 5 rings (SSSR count). The zero-order valence-electron chi connectivity index (χ0n) is 18.9. The molecular weight excluding hydrogens is 448 g/mol. The molecule has 7 heteroatoms. The Morgan fingerprint density at radius 3 is 2.53 bits per heavy atom. The minimum absolute atomic E-state index is 0.121. The monoisotopic (exact) mass is 472 g/mol. The summed E-state index contributed by atoms with van der Waals surface area (Å²) in [7, 11) is 3.56. The number of methoxy groups -OCH3 is 1. The first-order chi connectivity index (χ1) is 16.5. The number of aliphatic hydroxyl groups excluding tert-OH is 1. The molecule has 1 atom stereocenters. The minimum atomic E-state index is -0.662. The number of aromatic nitrogens is 1. The molecular formula is C27H24N2O4S. The molecule has 0 aliphatic carbocycles. The molecule has 0 spiro atoms. The number of Topliss-reactive ketones (excluding diaryl/α,β-unsaturated/α-hetero) is 1. The van der Waals surface area contributed by atoms with Crippen LogP contribution in [0.2, 0.25) is 0 Å². The van der Waals surface area contributed by atoms with Crippen LogP contribution in [0, 0.1) is 0 Å². The molecule has 34 heavy (non-hydrogen) atoms. The zero-order valence-corrected chi connectivity index (χ0v) is 19.7. The number of carbonyl (C=O) groups excluding carboxylic acids is 2. The Labute approximate surface area is 201 Å². The van der Waals surface area contributed by atoms with E-state index in [1.165, 1.54) is 11.3 Å². The highest BCUT2D eigenvalue weighted by molar-refractivity contribution is 7.10. The lowest BCUT2D eigenvalue weighted by atomic mass is 9.99. The number of rotatable bonds is 6. The highest BCUT2D eigenvalue weighted by Crippen LogP contribution is 2.41. The summed E-state index contributed by atoms with van der Waals surface area (Å²) in [6, 6.07) is 18.1. The van der Waals surface area contributed by atoms with Crippen LogP contribution >= 0.6 is 11.3 Å². The molecule has 2 aromatic carbocycles. The van der Waals surface area contributed by atoms with E-state index in [1.54, 1.807) is 36.3 Å². The molecule has 1 N–H and O–H groups in total. The van der Waals surface area contributed by atoms with Crippen molar-refractivity contribution >= 4 is 39.7 Å². The van der Waals surface area contributed by atoms with E-state index in [2.05, 4.69) is 22.9 Å². The molecule has 1 amide bonds. The van der Waals surface area contributed by atoms with Gasteiger partial charge in [0.05, 0.1) is 18.7 Å². The first kappa shape index (κ1) is 22.0. The predicted molar refractivity (Wildman–Crippen MR) is 133 cm³/mol. The van der Waals surface area contributed by atoms with Crippen molar-refractivity contribution in [3.8, 4) is 5.75 Å². The lowest BCUT2D eigenvalue weighted by molar-refractivity contribution is -0.139. The third kappa shape index (κ3) is 3.68. The molecule has 2 aromatic heterocycles. The molecule has 3 heterocycles. The average molecular weight is 473 g/mol. The van der Waals surface area contributed by atoms with Gasteiger partial charge in [0.1, 0.15) is 11.5 Å². The number of thiophene rings is 1. The Bertz CT molecular complexity index is 1400. The second-order valence-electron chi connectivity index (χ2n) is 8.27.